The molecule has 6 rings (SSSR count). The Morgan fingerprint density at radius 2 is 1.75 bits per heavy atom. The summed E-state index contributed by atoms with van der Waals surface area (Å²) in [6, 6.07) is 9.24. The summed E-state index contributed by atoms with van der Waals surface area (Å²) in [5.74, 6) is -2.06. The van der Waals surface area contributed by atoms with Gasteiger partial charge in [0.05, 0.1) is 22.2 Å². The van der Waals surface area contributed by atoms with Crippen LogP contribution in [0.25, 0.3) is 0 Å². The maximum Gasteiger partial charge on any atom is 0.342 e. The van der Waals surface area contributed by atoms with Crippen molar-refractivity contribution in [2.45, 2.75) is 11.2 Å². The zero-order chi connectivity index (χ0) is 22.1. The van der Waals surface area contributed by atoms with Crippen LogP contribution in [0.5, 0.6) is 23.0 Å². The monoisotopic (exact) mass is 452 g/mol. The number of esters is 1. The lowest BCUT2D eigenvalue weighted by Gasteiger charge is -2.36. The number of aromatic hydroxyl groups is 1. The van der Waals surface area contributed by atoms with Crippen LogP contribution in [0.2, 0.25) is 0 Å². The lowest BCUT2D eigenvalue weighted by Crippen LogP contribution is -2.39. The van der Waals surface area contributed by atoms with Gasteiger partial charge in [0.25, 0.3) is 0 Å². The summed E-state index contributed by atoms with van der Waals surface area (Å²) in [4.78, 5) is 40.8. The Morgan fingerprint density at radius 1 is 0.969 bits per heavy atom. The molecule has 4 heterocycles. The molecule has 162 valence electrons. The first kappa shape index (κ1) is 19.1. The summed E-state index contributed by atoms with van der Waals surface area (Å²) in [6.07, 6.45) is 0. The van der Waals surface area contributed by atoms with E-state index in [-0.39, 0.29) is 22.1 Å². The largest absolute Gasteiger partial charge is 0.508 e. The fourth-order valence-electron chi connectivity index (χ4n) is 4.67. The number of hydrogen-bond acceptors (Lipinski definition) is 9. The summed E-state index contributed by atoms with van der Waals surface area (Å²) in [5, 5.41) is 9.17. The minimum absolute atomic E-state index is 0.0783. The number of carbonyl (C=O) groups is 3. The maximum absolute atomic E-state index is 13.6. The molecule has 0 bridgehead atoms. The van der Waals surface area contributed by atoms with E-state index in [1.807, 2.05) is 0 Å². The number of ether oxygens (including phenoxy) is 3. The van der Waals surface area contributed by atoms with Crippen molar-refractivity contribution in [2.24, 2.45) is 11.7 Å². The number of phenols is 1. The lowest BCUT2D eigenvalue weighted by atomic mass is 9.77. The number of anilines is 1. The molecule has 0 aliphatic carbocycles. The maximum atomic E-state index is 13.6. The van der Waals surface area contributed by atoms with Crippen molar-refractivity contribution in [3.05, 3.63) is 52.6 Å². The number of phenolic OH excluding ortho intramolecular Hbond substituents is 1. The molecule has 4 aliphatic heterocycles. The number of thioether (sulfide) groups is 1. The first-order valence-electron chi connectivity index (χ1n) is 9.93. The average molecular weight is 452 g/mol. The SMILES string of the molecule is NC1=C2C(=O)Oc3cc(O)ccc3C2C2C(=O)N(c3ccc4c(c3)OCCO4)C(=O)C2S1. The molecular formula is C22H16N2O7S. The van der Waals surface area contributed by atoms with E-state index in [1.165, 1.54) is 12.1 Å². The molecule has 3 atom stereocenters. The highest BCUT2D eigenvalue weighted by atomic mass is 32.2. The highest BCUT2D eigenvalue weighted by Crippen LogP contribution is 2.55. The van der Waals surface area contributed by atoms with Crippen molar-refractivity contribution in [1.82, 2.24) is 0 Å². The molecule has 0 saturated carbocycles. The number of amides is 2. The van der Waals surface area contributed by atoms with Crippen LogP contribution in [0.3, 0.4) is 0 Å². The quantitative estimate of drug-likeness (QED) is 0.377. The van der Waals surface area contributed by atoms with Gasteiger partial charge in [0, 0.05) is 23.6 Å². The van der Waals surface area contributed by atoms with Gasteiger partial charge in [-0.2, -0.15) is 0 Å². The predicted octanol–water partition coefficient (Wildman–Crippen LogP) is 1.64. The Kier molecular flexibility index (Phi) is 3.97. The number of carbonyl (C=O) groups excluding carboxylic acids is 3. The third kappa shape index (κ3) is 2.56. The Bertz CT molecular complexity index is 1260. The number of nitrogens with zero attached hydrogens (tertiary/aromatic N) is 1. The van der Waals surface area contributed by atoms with Gasteiger partial charge in [0.15, 0.2) is 11.5 Å². The first-order chi connectivity index (χ1) is 15.4. The molecule has 0 radical (unpaired) electrons. The summed E-state index contributed by atoms with van der Waals surface area (Å²) >= 11 is 1.00. The Balaban J connectivity index is 1.46. The minimum atomic E-state index is -0.848. The van der Waals surface area contributed by atoms with E-state index in [9.17, 15) is 19.5 Å². The van der Waals surface area contributed by atoms with Gasteiger partial charge in [-0.1, -0.05) is 17.8 Å². The van der Waals surface area contributed by atoms with Crippen LogP contribution >= 0.6 is 11.8 Å². The molecule has 2 aromatic rings. The fraction of sp³-hybridized carbons (Fsp3) is 0.227. The van der Waals surface area contributed by atoms with Crippen LogP contribution in [0.1, 0.15) is 11.5 Å². The summed E-state index contributed by atoms with van der Waals surface area (Å²) in [7, 11) is 0. The molecule has 3 unspecified atom stereocenters. The molecule has 2 amide bonds. The van der Waals surface area contributed by atoms with Crippen molar-refractivity contribution >= 4 is 35.2 Å². The number of benzene rings is 2. The summed E-state index contributed by atoms with van der Waals surface area (Å²) < 4.78 is 16.5. The lowest BCUT2D eigenvalue weighted by molar-refractivity contribution is -0.131. The van der Waals surface area contributed by atoms with Crippen molar-refractivity contribution in [3.63, 3.8) is 0 Å². The zero-order valence-corrected chi connectivity index (χ0v) is 17.3. The van der Waals surface area contributed by atoms with Crippen molar-refractivity contribution in [3.8, 4) is 23.0 Å². The third-order valence-electron chi connectivity index (χ3n) is 6.02. The van der Waals surface area contributed by atoms with Gasteiger partial charge in [-0.15, -0.1) is 0 Å². The Labute approximate surface area is 185 Å². The Hall–Kier alpha value is -3.66. The van der Waals surface area contributed by atoms with Gasteiger partial charge in [0.1, 0.15) is 30.0 Å². The normalized spacial score (nSPS) is 25.8. The van der Waals surface area contributed by atoms with E-state index in [0.717, 1.165) is 16.7 Å². The third-order valence-corrected chi connectivity index (χ3v) is 7.25. The molecule has 0 spiro atoms. The van der Waals surface area contributed by atoms with E-state index in [4.69, 9.17) is 19.9 Å². The second kappa shape index (κ2) is 6.67. The molecule has 10 heteroatoms. The number of fused-ring (bicyclic) bond motifs is 6. The molecule has 0 aromatic heterocycles. The van der Waals surface area contributed by atoms with Crippen molar-refractivity contribution in [2.75, 3.05) is 18.1 Å². The second-order valence-corrected chi connectivity index (χ2v) is 8.95. The fourth-order valence-corrected chi connectivity index (χ4v) is 5.90. The highest BCUT2D eigenvalue weighted by Gasteiger charge is 2.58. The van der Waals surface area contributed by atoms with Gasteiger partial charge in [-0.3, -0.25) is 9.59 Å². The number of rotatable bonds is 1. The van der Waals surface area contributed by atoms with E-state index in [1.54, 1.807) is 24.3 Å². The molecule has 2 aromatic carbocycles. The number of hydrogen-bond donors (Lipinski definition) is 2. The van der Waals surface area contributed by atoms with Gasteiger partial charge in [0.2, 0.25) is 11.8 Å². The molecule has 1 fully saturated rings. The van der Waals surface area contributed by atoms with Gasteiger partial charge in [-0.05, 0) is 18.2 Å². The van der Waals surface area contributed by atoms with E-state index in [2.05, 4.69) is 0 Å². The van der Waals surface area contributed by atoms with Gasteiger partial charge in [-0.25, -0.2) is 9.69 Å². The molecule has 9 nitrogen and oxygen atoms in total. The summed E-state index contributed by atoms with van der Waals surface area (Å²) in [6.45, 7) is 0.798. The van der Waals surface area contributed by atoms with E-state index >= 15 is 0 Å². The van der Waals surface area contributed by atoms with Crippen LogP contribution in [-0.4, -0.2) is 41.4 Å². The highest BCUT2D eigenvalue weighted by molar-refractivity contribution is 8.04. The van der Waals surface area contributed by atoms with Crippen LogP contribution in [0.4, 0.5) is 5.69 Å². The topological polar surface area (TPSA) is 128 Å². The van der Waals surface area contributed by atoms with Crippen LogP contribution in [0, 0.1) is 5.92 Å². The van der Waals surface area contributed by atoms with Crippen molar-refractivity contribution in [1.29, 1.82) is 0 Å². The van der Waals surface area contributed by atoms with Gasteiger partial charge >= 0.3 is 5.97 Å². The second-order valence-electron chi connectivity index (χ2n) is 7.77. The summed E-state index contributed by atoms with van der Waals surface area (Å²) in [5.41, 5.74) is 7.24. The molecule has 3 N–H and O–H groups in total. The number of imide groups is 1. The van der Waals surface area contributed by atoms with Gasteiger partial charge < -0.3 is 25.1 Å². The van der Waals surface area contributed by atoms with Crippen LogP contribution in [0.15, 0.2) is 47.0 Å². The van der Waals surface area contributed by atoms with E-state index in [0.29, 0.717) is 36.0 Å². The first-order valence-corrected chi connectivity index (χ1v) is 10.8. The smallest absolute Gasteiger partial charge is 0.342 e. The average Bonchev–Trinajstić information content (AvgIpc) is 3.02. The van der Waals surface area contributed by atoms with E-state index < -0.39 is 34.9 Å². The standard InChI is InChI=1S/C22H16N2O7S/c23-19-17-15(11-3-2-10(25)8-13(11)31-22(17)28)16-18(32-19)21(27)24(20(16)26)9-1-4-12-14(7-9)30-6-5-29-12/h1-4,7-8,15-16,18,25H,5-6,23H2. The molecule has 1 saturated heterocycles. The molecule has 32 heavy (non-hydrogen) atoms. The Morgan fingerprint density at radius 3 is 2.56 bits per heavy atom. The molecular weight excluding hydrogens is 436 g/mol. The zero-order valence-electron chi connectivity index (χ0n) is 16.4. The molecule has 4 aliphatic rings. The minimum Gasteiger partial charge on any atom is -0.508 e. The number of nitrogens with two attached hydrogens (primary N) is 1. The van der Waals surface area contributed by atoms with Crippen LogP contribution < -0.4 is 24.8 Å². The predicted molar refractivity (Wildman–Crippen MR) is 112 cm³/mol. The van der Waals surface area contributed by atoms with Crippen molar-refractivity contribution < 1.29 is 33.7 Å². The van der Waals surface area contributed by atoms with Crippen LogP contribution in [-0.2, 0) is 14.4 Å².